The van der Waals surface area contributed by atoms with E-state index in [0.29, 0.717) is 0 Å². The first-order valence-corrected chi connectivity index (χ1v) is 12.3. The molecule has 0 radical (unpaired) electrons. The van der Waals surface area contributed by atoms with Crippen molar-refractivity contribution in [3.63, 3.8) is 0 Å². The molecule has 6 rings (SSSR count). The van der Waals surface area contributed by atoms with Gasteiger partial charge in [-0.15, -0.1) is 11.3 Å². The highest BCUT2D eigenvalue weighted by atomic mass is 32.1. The number of nitrogens with zero attached hydrogens (tertiary/aromatic N) is 3. The fourth-order valence-corrected chi connectivity index (χ4v) is 6.22. The monoisotopic (exact) mass is 471 g/mol. The molecule has 1 amide bonds. The Hall–Kier alpha value is -3.49. The lowest BCUT2D eigenvalue weighted by molar-refractivity contribution is -0.123. The molecule has 1 unspecified atom stereocenters. The van der Waals surface area contributed by atoms with Crippen molar-refractivity contribution >= 4 is 17.2 Å². The zero-order valence-corrected chi connectivity index (χ0v) is 19.7. The number of primary amides is 1. The minimum Gasteiger partial charge on any atom is -0.497 e. The molecule has 1 aliphatic carbocycles. The van der Waals surface area contributed by atoms with Crippen LogP contribution in [0.2, 0.25) is 0 Å². The maximum absolute atomic E-state index is 12.1. The zero-order chi connectivity index (χ0) is 23.2. The van der Waals surface area contributed by atoms with E-state index in [4.69, 9.17) is 10.5 Å². The van der Waals surface area contributed by atoms with E-state index in [1.807, 2.05) is 42.6 Å². The van der Waals surface area contributed by atoms with Crippen molar-refractivity contribution in [1.29, 1.82) is 0 Å². The van der Waals surface area contributed by atoms with Crippen LogP contribution in [-0.2, 0) is 11.2 Å². The third kappa shape index (κ3) is 3.50. The van der Waals surface area contributed by atoms with Crippen molar-refractivity contribution in [1.82, 2.24) is 20.1 Å². The van der Waals surface area contributed by atoms with Crippen molar-refractivity contribution in [2.45, 2.75) is 25.3 Å². The van der Waals surface area contributed by atoms with E-state index in [-0.39, 0.29) is 5.91 Å². The summed E-state index contributed by atoms with van der Waals surface area (Å²) < 4.78 is 5.27. The van der Waals surface area contributed by atoms with Gasteiger partial charge >= 0.3 is 0 Å². The number of pyridine rings is 1. The predicted molar refractivity (Wildman–Crippen MR) is 133 cm³/mol. The molecule has 7 nitrogen and oxygen atoms in total. The van der Waals surface area contributed by atoms with Crippen molar-refractivity contribution in [2.75, 3.05) is 20.2 Å². The van der Waals surface area contributed by atoms with Crippen LogP contribution in [0.4, 0.5) is 0 Å². The fraction of sp³-hybridized carbons (Fsp3) is 0.269. The van der Waals surface area contributed by atoms with Crippen LogP contribution >= 0.6 is 11.3 Å². The third-order valence-electron chi connectivity index (χ3n) is 6.77. The standard InChI is InChI=1S/C26H25N5O2S/c1-33-17-7-4-15(5-8-17)23-19-13-22-18(24(19)30-29-23)12-21(34-22)16-6-9-20(28-14-16)25(26(27)32)31-10-2-3-11-31/h4-9,12,14,25H,2-3,10-11,13H2,1H3,(H2,27,32)(H,29,30). The summed E-state index contributed by atoms with van der Waals surface area (Å²) in [6, 6.07) is 13.8. The van der Waals surface area contributed by atoms with E-state index in [9.17, 15) is 4.79 Å². The second-order valence-electron chi connectivity index (χ2n) is 8.80. The number of carbonyl (C=O) groups excluding carboxylic acids is 1. The first kappa shape index (κ1) is 21.1. The lowest BCUT2D eigenvalue weighted by atomic mass is 10.1. The number of aromatic amines is 1. The van der Waals surface area contributed by atoms with Gasteiger partial charge in [-0.25, -0.2) is 0 Å². The van der Waals surface area contributed by atoms with Crippen LogP contribution in [0.5, 0.6) is 5.75 Å². The molecule has 0 saturated carbocycles. The molecule has 4 heterocycles. The minimum atomic E-state index is -0.450. The highest BCUT2D eigenvalue weighted by Gasteiger charge is 2.30. The van der Waals surface area contributed by atoms with Crippen molar-refractivity contribution in [3.8, 4) is 38.7 Å². The Bertz CT molecular complexity index is 1350. The molecule has 1 atom stereocenters. The van der Waals surface area contributed by atoms with E-state index >= 15 is 0 Å². The summed E-state index contributed by atoms with van der Waals surface area (Å²) in [4.78, 5) is 21.4. The molecule has 1 aliphatic heterocycles. The molecular weight excluding hydrogens is 446 g/mol. The van der Waals surface area contributed by atoms with Crippen LogP contribution in [0.3, 0.4) is 0 Å². The van der Waals surface area contributed by atoms with E-state index in [1.54, 1.807) is 18.4 Å². The Labute approximate surface area is 201 Å². The van der Waals surface area contributed by atoms with Gasteiger partial charge in [-0.3, -0.25) is 19.8 Å². The molecule has 3 aromatic heterocycles. The summed E-state index contributed by atoms with van der Waals surface area (Å²) in [6.45, 7) is 1.78. The van der Waals surface area contributed by atoms with Gasteiger partial charge in [0.05, 0.1) is 24.2 Å². The molecule has 0 bridgehead atoms. The summed E-state index contributed by atoms with van der Waals surface area (Å²) in [5.41, 5.74) is 13.1. The Morgan fingerprint density at radius 3 is 2.59 bits per heavy atom. The predicted octanol–water partition coefficient (Wildman–Crippen LogP) is 4.40. The van der Waals surface area contributed by atoms with E-state index < -0.39 is 6.04 Å². The van der Waals surface area contributed by atoms with Gasteiger partial charge in [0.15, 0.2) is 0 Å². The van der Waals surface area contributed by atoms with Crippen molar-refractivity contribution in [3.05, 3.63) is 64.8 Å². The molecular formula is C26H25N5O2S. The number of hydrogen-bond donors (Lipinski definition) is 2. The largest absolute Gasteiger partial charge is 0.497 e. The molecule has 1 aromatic carbocycles. The summed E-state index contributed by atoms with van der Waals surface area (Å²) in [6.07, 6.45) is 4.91. The lowest BCUT2D eigenvalue weighted by Gasteiger charge is -2.24. The van der Waals surface area contributed by atoms with Gasteiger partial charge < -0.3 is 10.5 Å². The number of fused-ring (bicyclic) bond motifs is 3. The molecule has 8 heteroatoms. The highest BCUT2D eigenvalue weighted by Crippen LogP contribution is 2.46. The molecule has 0 spiro atoms. The van der Waals surface area contributed by atoms with Gasteiger partial charge in [-0.05, 0) is 62.3 Å². The molecule has 1 saturated heterocycles. The third-order valence-corrected chi connectivity index (χ3v) is 7.96. The van der Waals surface area contributed by atoms with Crippen LogP contribution in [-0.4, -0.2) is 46.2 Å². The second-order valence-corrected chi connectivity index (χ2v) is 9.94. The van der Waals surface area contributed by atoms with Crippen molar-refractivity contribution in [2.24, 2.45) is 5.73 Å². The van der Waals surface area contributed by atoms with Crippen LogP contribution in [0, 0.1) is 0 Å². The van der Waals surface area contributed by atoms with E-state index in [1.165, 1.54) is 16.0 Å². The van der Waals surface area contributed by atoms with Gasteiger partial charge in [0.2, 0.25) is 5.91 Å². The number of thiophene rings is 1. The van der Waals surface area contributed by atoms with Crippen molar-refractivity contribution < 1.29 is 9.53 Å². The number of ether oxygens (including phenoxy) is 1. The number of nitrogens with two attached hydrogens (primary N) is 1. The smallest absolute Gasteiger partial charge is 0.241 e. The van der Waals surface area contributed by atoms with Gasteiger partial charge in [-0.1, -0.05) is 6.07 Å². The van der Waals surface area contributed by atoms with Crippen LogP contribution in [0.25, 0.3) is 33.0 Å². The summed E-state index contributed by atoms with van der Waals surface area (Å²) in [5.74, 6) is 0.499. The number of benzene rings is 1. The molecule has 1 fully saturated rings. The van der Waals surface area contributed by atoms with Gasteiger partial charge in [-0.2, -0.15) is 5.10 Å². The lowest BCUT2D eigenvalue weighted by Crippen LogP contribution is -2.36. The van der Waals surface area contributed by atoms with Crippen LogP contribution < -0.4 is 10.5 Å². The number of aromatic nitrogens is 3. The maximum atomic E-state index is 12.1. The number of H-pyrrole nitrogens is 1. The van der Waals surface area contributed by atoms with Gasteiger partial charge in [0, 0.05) is 44.6 Å². The topological polar surface area (TPSA) is 97.1 Å². The molecule has 3 N–H and O–H groups in total. The number of amides is 1. The Balaban J connectivity index is 1.26. The number of likely N-dealkylation sites (tertiary alicyclic amines) is 1. The van der Waals surface area contributed by atoms with Crippen LogP contribution in [0.15, 0.2) is 48.7 Å². The van der Waals surface area contributed by atoms with Gasteiger partial charge in [0.25, 0.3) is 0 Å². The average Bonchev–Trinajstić information content (AvgIpc) is 3.63. The summed E-state index contributed by atoms with van der Waals surface area (Å²) >= 11 is 1.78. The number of carbonyl (C=O) groups is 1. The zero-order valence-electron chi connectivity index (χ0n) is 18.9. The van der Waals surface area contributed by atoms with E-state index in [2.05, 4.69) is 26.1 Å². The minimum absolute atomic E-state index is 0.336. The SMILES string of the molecule is COc1ccc(-c2n[nH]c3c2Cc2sc(-c4ccc(C(C(N)=O)N5CCCC5)nc4)cc2-3)cc1. The van der Waals surface area contributed by atoms with Gasteiger partial charge in [0.1, 0.15) is 11.8 Å². The average molecular weight is 472 g/mol. The van der Waals surface area contributed by atoms with Crippen LogP contribution in [0.1, 0.15) is 35.0 Å². The van der Waals surface area contributed by atoms with E-state index in [0.717, 1.165) is 71.2 Å². The Morgan fingerprint density at radius 1 is 1.15 bits per heavy atom. The normalized spacial score (nSPS) is 15.8. The highest BCUT2D eigenvalue weighted by molar-refractivity contribution is 7.16. The quantitative estimate of drug-likeness (QED) is 0.383. The summed E-state index contributed by atoms with van der Waals surface area (Å²) in [7, 11) is 1.67. The molecule has 172 valence electrons. The number of rotatable bonds is 6. The Morgan fingerprint density at radius 2 is 1.91 bits per heavy atom. The second kappa shape index (κ2) is 8.38. The molecule has 2 aliphatic rings. The Kier molecular flexibility index (Phi) is 5.19. The maximum Gasteiger partial charge on any atom is 0.241 e. The fourth-order valence-electron chi connectivity index (χ4n) is 5.05. The number of methoxy groups -OCH3 is 1. The molecule has 4 aromatic rings. The number of nitrogens with one attached hydrogen (secondary N) is 1. The number of hydrogen-bond acceptors (Lipinski definition) is 6. The summed E-state index contributed by atoms with van der Waals surface area (Å²) in [5, 5.41) is 7.86. The first-order valence-electron chi connectivity index (χ1n) is 11.5. The first-order chi connectivity index (χ1) is 16.6. The molecule has 34 heavy (non-hydrogen) atoms.